The highest BCUT2D eigenvalue weighted by atomic mass is 19.4. The number of unbranched alkanes of at least 4 members (excludes halogenated alkanes) is 1. The molecule has 0 unspecified atom stereocenters. The van der Waals surface area contributed by atoms with Crippen LogP contribution in [-0.4, -0.2) is 4.68 Å². The molecule has 0 amide bonds. The number of rotatable bonds is 3. The molecule has 1 heterocycles. The van der Waals surface area contributed by atoms with Crippen LogP contribution in [0.2, 0.25) is 0 Å². The molecule has 0 atom stereocenters. The number of nitrogen functional groups attached to an aromatic ring is 1. The van der Waals surface area contributed by atoms with E-state index in [-0.39, 0.29) is 22.9 Å². The molecule has 0 aliphatic heterocycles. The van der Waals surface area contributed by atoms with E-state index in [1.807, 2.05) is 6.92 Å². The maximum atomic E-state index is 13.3. The van der Waals surface area contributed by atoms with Gasteiger partial charge >= 0.3 is 6.18 Å². The largest absolute Gasteiger partial charge is 0.417 e. The average molecular weight is 284 g/mol. The van der Waals surface area contributed by atoms with Crippen LogP contribution in [0.4, 0.5) is 13.2 Å². The van der Waals surface area contributed by atoms with E-state index in [1.54, 1.807) is 6.07 Å². The number of halogens is 3. The lowest BCUT2D eigenvalue weighted by molar-refractivity contribution is -0.137. The number of hydrogen-bond acceptors (Lipinski definition) is 2. The van der Waals surface area contributed by atoms with Gasteiger partial charge < -0.3 is 5.84 Å². The number of benzene rings is 1. The summed E-state index contributed by atoms with van der Waals surface area (Å²) in [7, 11) is 0. The number of nitrogens with zero attached hydrogens (tertiary/aromatic N) is 1. The number of alkyl halides is 3. The van der Waals surface area contributed by atoms with Gasteiger partial charge in [-0.05, 0) is 18.9 Å². The summed E-state index contributed by atoms with van der Waals surface area (Å²) in [6, 6.07) is 5.81. The zero-order valence-electron chi connectivity index (χ0n) is 11.0. The van der Waals surface area contributed by atoms with Crippen LogP contribution < -0.4 is 11.4 Å². The van der Waals surface area contributed by atoms with Crippen molar-refractivity contribution in [2.45, 2.75) is 32.4 Å². The van der Waals surface area contributed by atoms with Gasteiger partial charge in [-0.25, -0.2) is 4.68 Å². The van der Waals surface area contributed by atoms with Gasteiger partial charge in [-0.2, -0.15) is 13.2 Å². The van der Waals surface area contributed by atoms with Gasteiger partial charge in [0.25, 0.3) is 5.56 Å². The fourth-order valence-electron chi connectivity index (χ4n) is 2.33. The van der Waals surface area contributed by atoms with Gasteiger partial charge in [-0.1, -0.05) is 31.5 Å². The van der Waals surface area contributed by atoms with E-state index >= 15 is 0 Å². The molecule has 0 aliphatic carbocycles. The van der Waals surface area contributed by atoms with Gasteiger partial charge in [0.05, 0.1) is 11.1 Å². The molecule has 6 heteroatoms. The van der Waals surface area contributed by atoms with Crippen LogP contribution in [0, 0.1) is 0 Å². The number of pyridine rings is 1. The van der Waals surface area contributed by atoms with E-state index < -0.39 is 17.3 Å². The Balaban J connectivity index is 2.88. The van der Waals surface area contributed by atoms with Crippen molar-refractivity contribution in [3.8, 4) is 0 Å². The molecule has 20 heavy (non-hydrogen) atoms. The predicted octanol–water partition coefficient (Wildman–Crippen LogP) is 3.08. The van der Waals surface area contributed by atoms with Crippen molar-refractivity contribution < 1.29 is 13.2 Å². The normalized spacial score (nSPS) is 12.0. The van der Waals surface area contributed by atoms with Crippen LogP contribution in [0.3, 0.4) is 0 Å². The number of nitrogens with two attached hydrogens (primary N) is 1. The minimum atomic E-state index is -4.57. The molecule has 0 spiro atoms. The summed E-state index contributed by atoms with van der Waals surface area (Å²) in [4.78, 5) is 12.1. The first-order chi connectivity index (χ1) is 9.38. The van der Waals surface area contributed by atoms with Gasteiger partial charge in [0.15, 0.2) is 0 Å². The highest BCUT2D eigenvalue weighted by Gasteiger charge is 2.37. The molecule has 0 fully saturated rings. The second kappa shape index (κ2) is 5.19. The standard InChI is InChI=1S/C14H15F3N2O/c1-2-3-6-10-12(14(15,16)17)9-7-4-5-8-11(9)19(18)13(10)20/h4-5,7-8H,2-3,6,18H2,1H3. The number of aromatic nitrogens is 1. The molecule has 0 radical (unpaired) electrons. The molecule has 2 aromatic rings. The van der Waals surface area contributed by atoms with Crippen LogP contribution in [0.25, 0.3) is 10.9 Å². The summed E-state index contributed by atoms with van der Waals surface area (Å²) in [5.41, 5.74) is -1.79. The highest BCUT2D eigenvalue weighted by Crippen LogP contribution is 2.36. The van der Waals surface area contributed by atoms with Crippen molar-refractivity contribution in [3.63, 3.8) is 0 Å². The van der Waals surface area contributed by atoms with Crippen molar-refractivity contribution in [3.05, 3.63) is 45.7 Å². The second-order valence-electron chi connectivity index (χ2n) is 4.65. The van der Waals surface area contributed by atoms with Gasteiger partial charge in [-0.3, -0.25) is 4.79 Å². The first-order valence-electron chi connectivity index (χ1n) is 6.36. The first-order valence-corrected chi connectivity index (χ1v) is 6.36. The Hall–Kier alpha value is -1.98. The average Bonchev–Trinajstić information content (AvgIpc) is 2.39. The Labute approximate surface area is 113 Å². The summed E-state index contributed by atoms with van der Waals surface area (Å²) in [5, 5.41) is -0.0341. The van der Waals surface area contributed by atoms with Gasteiger partial charge in [-0.15, -0.1) is 0 Å². The summed E-state index contributed by atoms with van der Waals surface area (Å²) >= 11 is 0. The summed E-state index contributed by atoms with van der Waals surface area (Å²) in [5.74, 6) is 5.64. The summed E-state index contributed by atoms with van der Waals surface area (Å²) in [6.45, 7) is 1.86. The van der Waals surface area contributed by atoms with Gasteiger partial charge in [0.1, 0.15) is 0 Å². The zero-order chi connectivity index (χ0) is 14.9. The fourth-order valence-corrected chi connectivity index (χ4v) is 2.33. The lowest BCUT2D eigenvalue weighted by Crippen LogP contribution is -2.33. The van der Waals surface area contributed by atoms with Crippen molar-refractivity contribution >= 4 is 10.9 Å². The van der Waals surface area contributed by atoms with E-state index in [4.69, 9.17) is 5.84 Å². The maximum Gasteiger partial charge on any atom is 0.417 e. The van der Waals surface area contributed by atoms with Gasteiger partial charge in [0.2, 0.25) is 0 Å². The molecule has 3 nitrogen and oxygen atoms in total. The quantitative estimate of drug-likeness (QED) is 0.880. The third-order valence-corrected chi connectivity index (χ3v) is 3.28. The maximum absolute atomic E-state index is 13.3. The summed E-state index contributed by atoms with van der Waals surface area (Å²) < 4.78 is 40.8. The van der Waals surface area contributed by atoms with E-state index in [1.165, 1.54) is 18.2 Å². The molecular formula is C14H15F3N2O. The van der Waals surface area contributed by atoms with E-state index in [9.17, 15) is 18.0 Å². The smallest absolute Gasteiger partial charge is 0.336 e. The molecule has 0 saturated heterocycles. The van der Waals surface area contributed by atoms with E-state index in [0.717, 1.165) is 4.68 Å². The Bertz CT molecular complexity index is 689. The molecule has 1 aromatic heterocycles. The van der Waals surface area contributed by atoms with Crippen LogP contribution in [0.15, 0.2) is 29.1 Å². The van der Waals surface area contributed by atoms with E-state index in [2.05, 4.69) is 0 Å². The fraction of sp³-hybridized carbons (Fsp3) is 0.357. The summed E-state index contributed by atoms with van der Waals surface area (Å²) in [6.07, 6.45) is -3.28. The molecule has 108 valence electrons. The van der Waals surface area contributed by atoms with Crippen LogP contribution in [0.1, 0.15) is 30.9 Å². The Morgan fingerprint density at radius 2 is 1.90 bits per heavy atom. The minimum Gasteiger partial charge on any atom is -0.336 e. The van der Waals surface area contributed by atoms with Crippen molar-refractivity contribution in [2.24, 2.45) is 0 Å². The molecular weight excluding hydrogens is 269 g/mol. The topological polar surface area (TPSA) is 48.0 Å². The SMILES string of the molecule is CCCCc1c(C(F)(F)F)c2ccccc2n(N)c1=O. The van der Waals surface area contributed by atoms with Gasteiger partial charge in [0, 0.05) is 10.9 Å². The minimum absolute atomic E-state index is 0.0341. The Morgan fingerprint density at radius 3 is 2.50 bits per heavy atom. The lowest BCUT2D eigenvalue weighted by atomic mass is 9.98. The number of hydrogen-bond donors (Lipinski definition) is 1. The molecule has 2 rings (SSSR count). The lowest BCUT2D eigenvalue weighted by Gasteiger charge is -2.17. The van der Waals surface area contributed by atoms with Crippen LogP contribution in [0.5, 0.6) is 0 Å². The van der Waals surface area contributed by atoms with Crippen LogP contribution >= 0.6 is 0 Å². The third kappa shape index (κ3) is 2.37. The predicted molar refractivity (Wildman–Crippen MR) is 72.0 cm³/mol. The highest BCUT2D eigenvalue weighted by molar-refractivity contribution is 5.84. The monoisotopic (exact) mass is 284 g/mol. The van der Waals surface area contributed by atoms with Crippen molar-refractivity contribution in [2.75, 3.05) is 5.84 Å². The molecule has 0 bridgehead atoms. The molecule has 1 aromatic carbocycles. The second-order valence-corrected chi connectivity index (χ2v) is 4.65. The molecule has 0 saturated carbocycles. The Kier molecular flexibility index (Phi) is 3.74. The third-order valence-electron chi connectivity index (χ3n) is 3.28. The first kappa shape index (κ1) is 14.4. The number of fused-ring (bicyclic) bond motifs is 1. The zero-order valence-corrected chi connectivity index (χ0v) is 11.0. The Morgan fingerprint density at radius 1 is 1.25 bits per heavy atom. The van der Waals surface area contributed by atoms with Crippen molar-refractivity contribution in [1.29, 1.82) is 0 Å². The molecule has 0 aliphatic rings. The van der Waals surface area contributed by atoms with Crippen molar-refractivity contribution in [1.82, 2.24) is 4.68 Å². The van der Waals surface area contributed by atoms with Crippen LogP contribution in [-0.2, 0) is 12.6 Å². The van der Waals surface area contributed by atoms with E-state index in [0.29, 0.717) is 12.8 Å². The number of para-hydroxylation sites is 1. The molecule has 2 N–H and O–H groups in total.